The number of pyridine rings is 1. The highest BCUT2D eigenvalue weighted by Gasteiger charge is 2.39. The number of aromatic nitrogens is 3. The smallest absolute Gasteiger partial charge is 0.306 e. The maximum Gasteiger partial charge on any atom is 0.306 e. The number of hydrogen-bond acceptors (Lipinski definition) is 13. The molecular weight excluding hydrogens is 1070 g/mol. The van der Waals surface area contributed by atoms with Crippen molar-refractivity contribution in [3.05, 3.63) is 76.9 Å². The first-order valence-corrected chi connectivity index (χ1v) is 34.1. The summed E-state index contributed by atoms with van der Waals surface area (Å²) in [5.74, 6) is 3.17. The number of aryl methyl sites for hydroxylation is 4. The number of carbonyl (C=O) groups excluding carboxylic acids is 4. The number of amides is 3. The van der Waals surface area contributed by atoms with Crippen molar-refractivity contribution < 1.29 is 38.4 Å². The molecule has 4 N–H and O–H groups in total. The van der Waals surface area contributed by atoms with E-state index in [0.717, 1.165) is 136 Å². The normalized spacial score (nSPS) is 21.8. The Bertz CT molecular complexity index is 2680. The minimum absolute atomic E-state index is 0.0432. The van der Waals surface area contributed by atoms with Gasteiger partial charge in [-0.2, -0.15) is 5.10 Å². The second-order valence-electron chi connectivity index (χ2n) is 24.4. The number of anilines is 2. The molecule has 2 unspecified atom stereocenters. The van der Waals surface area contributed by atoms with Gasteiger partial charge in [-0.15, -0.1) is 0 Å². The fourth-order valence-electron chi connectivity index (χ4n) is 13.0. The van der Waals surface area contributed by atoms with Crippen molar-refractivity contribution >= 4 is 53.5 Å². The molecule has 452 valence electrons. The van der Waals surface area contributed by atoms with Crippen LogP contribution in [0.1, 0.15) is 169 Å². The number of likely N-dealkylation sites (tertiary alicyclic amines) is 2. The van der Waals surface area contributed by atoms with Crippen molar-refractivity contribution in [3.8, 4) is 5.69 Å². The van der Waals surface area contributed by atoms with Gasteiger partial charge in [0.2, 0.25) is 24.2 Å². The molecule has 19 heteroatoms. The number of piperazine rings is 1. The monoisotopic (exact) mass is 1170 g/mol. The zero-order valence-electron chi connectivity index (χ0n) is 49.8. The van der Waals surface area contributed by atoms with Crippen LogP contribution in [-0.4, -0.2) is 154 Å². The lowest BCUT2D eigenvalue weighted by atomic mass is 9.93. The number of unbranched alkanes of at least 4 members (excludes halogenated alkanes) is 5. The average Bonchev–Trinajstić information content (AvgIpc) is 3.82. The highest BCUT2D eigenvalue weighted by Crippen LogP contribution is 2.49. The first-order chi connectivity index (χ1) is 39.5. The molecule has 1 aromatic carbocycles. The van der Waals surface area contributed by atoms with Gasteiger partial charge in [-0.25, -0.2) is 9.67 Å². The number of rotatable bonds is 32. The lowest BCUT2D eigenvalue weighted by Crippen LogP contribution is -2.48. The SMILES string of the molecule is C=C(OP(O)(=S)CCCCC[C@H]1CC1CCCC)[C@@H]1C[C@@H](O)CN1C(=O)CCCCCNC(=O)CCCC(=O)N1CCN(c2cc([C@H](CC(=O)OC)CN3CC[C@@H](CCc4ccc5c(n4)NCCC5)C3)cc(-n3nc(C)cc3C)c2)CC1. The van der Waals surface area contributed by atoms with E-state index in [0.29, 0.717) is 76.9 Å². The summed E-state index contributed by atoms with van der Waals surface area (Å²) >= 11 is 5.50. The number of nitrogens with one attached hydrogen (secondary N) is 2. The molecule has 3 saturated heterocycles. The third-order valence-corrected chi connectivity index (χ3v) is 20.0. The summed E-state index contributed by atoms with van der Waals surface area (Å²) in [5, 5.41) is 21.8. The summed E-state index contributed by atoms with van der Waals surface area (Å²) in [6.45, 7) is 14.0. The Morgan fingerprint density at radius 3 is 2.41 bits per heavy atom. The van der Waals surface area contributed by atoms with Gasteiger partial charge in [0.05, 0.1) is 37.1 Å². The number of carbonyl (C=O) groups is 4. The van der Waals surface area contributed by atoms with Crippen molar-refractivity contribution in [2.24, 2.45) is 17.8 Å². The van der Waals surface area contributed by atoms with Gasteiger partial charge >= 0.3 is 5.97 Å². The number of ether oxygens (including phenoxy) is 1. The molecule has 17 nitrogen and oxygen atoms in total. The van der Waals surface area contributed by atoms with E-state index in [2.05, 4.69) is 77.3 Å². The summed E-state index contributed by atoms with van der Waals surface area (Å²) in [6, 6.07) is 12.5. The topological polar surface area (TPSA) is 195 Å². The van der Waals surface area contributed by atoms with Crippen LogP contribution in [0.25, 0.3) is 5.69 Å². The molecule has 2 aromatic heterocycles. The predicted molar refractivity (Wildman–Crippen MR) is 328 cm³/mol. The third kappa shape index (κ3) is 18.8. The van der Waals surface area contributed by atoms with Gasteiger partial charge in [0, 0.05) is 114 Å². The Balaban J connectivity index is 0.734. The number of methoxy groups -OCH3 is 1. The second-order valence-corrected chi connectivity index (χ2v) is 28.0. The molecule has 4 aliphatic heterocycles. The van der Waals surface area contributed by atoms with Gasteiger partial charge in [0.25, 0.3) is 0 Å². The van der Waals surface area contributed by atoms with E-state index >= 15 is 0 Å². The van der Waals surface area contributed by atoms with Gasteiger partial charge < -0.3 is 49.5 Å². The zero-order valence-corrected chi connectivity index (χ0v) is 51.5. The largest absolute Gasteiger partial charge is 0.469 e. The van der Waals surface area contributed by atoms with Gasteiger partial charge in [0.15, 0.2) is 0 Å². The number of esters is 1. The van der Waals surface area contributed by atoms with Crippen LogP contribution in [-0.2, 0) is 53.1 Å². The van der Waals surface area contributed by atoms with E-state index in [1.54, 1.807) is 4.90 Å². The summed E-state index contributed by atoms with van der Waals surface area (Å²) in [4.78, 5) is 77.0. The average molecular weight is 1170 g/mol. The molecule has 6 heterocycles. The van der Waals surface area contributed by atoms with E-state index in [-0.39, 0.29) is 61.2 Å². The molecule has 8 rings (SSSR count). The molecule has 3 amide bonds. The van der Waals surface area contributed by atoms with Crippen molar-refractivity contribution in [1.82, 2.24) is 34.8 Å². The van der Waals surface area contributed by atoms with Crippen molar-refractivity contribution in [2.45, 2.75) is 180 Å². The van der Waals surface area contributed by atoms with E-state index in [4.69, 9.17) is 31.2 Å². The van der Waals surface area contributed by atoms with Crippen molar-refractivity contribution in [2.75, 3.05) is 88.9 Å². The fraction of sp³-hybridized carbons (Fsp3) is 0.683. The van der Waals surface area contributed by atoms with Gasteiger partial charge in [-0.1, -0.05) is 64.5 Å². The first kappa shape index (κ1) is 63.2. The molecule has 82 heavy (non-hydrogen) atoms. The summed E-state index contributed by atoms with van der Waals surface area (Å²) in [7, 11) is 1.46. The maximum absolute atomic E-state index is 13.5. The Labute approximate surface area is 493 Å². The van der Waals surface area contributed by atoms with Crippen molar-refractivity contribution in [1.29, 1.82) is 0 Å². The minimum Gasteiger partial charge on any atom is -0.469 e. The number of aliphatic hydroxyl groups excluding tert-OH is 1. The Kier molecular flexibility index (Phi) is 23.7. The lowest BCUT2D eigenvalue weighted by molar-refractivity contribution is -0.141. The minimum atomic E-state index is -3.11. The Morgan fingerprint density at radius 1 is 0.878 bits per heavy atom. The number of nitrogens with zero attached hydrogens (tertiary/aromatic N) is 7. The van der Waals surface area contributed by atoms with E-state index in [9.17, 15) is 29.2 Å². The van der Waals surface area contributed by atoms with E-state index in [1.807, 2.05) is 16.5 Å². The van der Waals surface area contributed by atoms with Crippen LogP contribution in [0, 0.1) is 31.6 Å². The Morgan fingerprint density at radius 2 is 1.65 bits per heavy atom. The van der Waals surface area contributed by atoms with Crippen LogP contribution in [0.3, 0.4) is 0 Å². The molecule has 3 aromatic rings. The summed E-state index contributed by atoms with van der Waals surface area (Å²) < 4.78 is 13.2. The summed E-state index contributed by atoms with van der Waals surface area (Å²) in [5.41, 5.74) is 7.44. The van der Waals surface area contributed by atoms with Gasteiger partial charge in [-0.3, -0.25) is 19.2 Å². The molecule has 0 spiro atoms. The highest BCUT2D eigenvalue weighted by atomic mass is 32.5. The second kappa shape index (κ2) is 30.8. The number of β-amino-alcohol motifs (C(OH)–C–C–N with tert-alkyl or cyclic N) is 1. The molecule has 1 saturated carbocycles. The standard InChI is InChI=1S/C63H96N9O8PS/c1-6-7-16-50-36-51(50)17-10-9-13-34-81(78,82)80-47(4)58-41-57(73)44-71(58)61(76)20-11-8-12-27-64-59(74)19-14-21-60(75)70-32-30-69(31-33-70)55-37-52(38-56(40-55)72-46(3)35-45(2)67-72)53(39-62(77)79-5)43-68-29-26-48(42-68)22-24-54-25-23-49-18-15-28-65-63(49)66-54/h23,25,35,37-38,40,48,50-51,53,57-58,73H,4,6-22,24,26-34,36,39,41-44H2,1-3,5H3,(H,64,74)(H,65,66)(H,78,82)/t48-,50?,51+,53-,57-,58+,81?/m1/s1. The predicted octanol–water partition coefficient (Wildman–Crippen LogP) is 9.52. The van der Waals surface area contributed by atoms with Crippen LogP contribution in [0.4, 0.5) is 11.5 Å². The molecule has 7 atom stereocenters. The molecule has 4 fully saturated rings. The van der Waals surface area contributed by atoms with Gasteiger partial charge in [0.1, 0.15) is 11.6 Å². The number of aliphatic hydroxyl groups is 1. The molecule has 0 bridgehead atoms. The van der Waals surface area contributed by atoms with Gasteiger partial charge in [-0.05, 0) is 156 Å². The first-order valence-electron chi connectivity index (χ1n) is 31.2. The van der Waals surface area contributed by atoms with Crippen LogP contribution in [0.15, 0.2) is 48.7 Å². The Hall–Kier alpha value is -4.87. The van der Waals surface area contributed by atoms with E-state index < -0.39 is 18.6 Å². The van der Waals surface area contributed by atoms with Crippen molar-refractivity contribution in [3.63, 3.8) is 0 Å². The fourth-order valence-corrected chi connectivity index (χ4v) is 14.9. The summed E-state index contributed by atoms with van der Waals surface area (Å²) in [6.07, 6.45) is 18.5. The molecule has 5 aliphatic rings. The quantitative estimate of drug-likeness (QED) is 0.0200. The highest BCUT2D eigenvalue weighted by molar-refractivity contribution is 8.09. The van der Waals surface area contributed by atoms with Crippen LogP contribution < -0.4 is 15.5 Å². The van der Waals surface area contributed by atoms with Crippen LogP contribution in [0.5, 0.6) is 0 Å². The molecule has 1 aliphatic carbocycles. The number of fused-ring (bicyclic) bond motifs is 1. The number of hydrogen-bond donors (Lipinski definition) is 4. The number of benzene rings is 1. The third-order valence-electron chi connectivity index (χ3n) is 17.8. The van der Waals surface area contributed by atoms with Crippen LogP contribution in [0.2, 0.25) is 0 Å². The van der Waals surface area contributed by atoms with E-state index in [1.165, 1.54) is 44.8 Å². The molecule has 0 radical (unpaired) electrons. The zero-order chi connectivity index (χ0) is 58.2. The lowest BCUT2D eigenvalue weighted by Gasteiger charge is -2.37. The molecular formula is C63H96N9O8PS. The maximum atomic E-state index is 13.5. The van der Waals surface area contributed by atoms with Crippen LogP contribution >= 0.6 is 6.49 Å².